The van der Waals surface area contributed by atoms with Crippen LogP contribution in [-0.4, -0.2) is 15.0 Å². The maximum Gasteiger partial charge on any atom is 0.238 e. The van der Waals surface area contributed by atoms with Gasteiger partial charge in [0.2, 0.25) is 10.0 Å². The van der Waals surface area contributed by atoms with Crippen LogP contribution in [0.1, 0.15) is 16.7 Å². The largest absolute Gasteiger partial charge is 0.489 e. The molecule has 8 heteroatoms. The quantitative estimate of drug-likeness (QED) is 0.484. The second-order valence-corrected chi connectivity index (χ2v) is 8.76. The SMILES string of the molecule is NS(=O)(=O)c1ccc(CCNCc2cccc(OCc3ccc(F)cc3Cl)c2)cc1. The molecule has 30 heavy (non-hydrogen) atoms. The van der Waals surface area contributed by atoms with E-state index in [1.54, 1.807) is 18.2 Å². The predicted octanol–water partition coefficient (Wildman–Crippen LogP) is 4.04. The minimum atomic E-state index is -3.66. The molecule has 3 aromatic rings. The second-order valence-electron chi connectivity index (χ2n) is 6.79. The monoisotopic (exact) mass is 448 g/mol. The van der Waals surface area contributed by atoms with Crippen LogP contribution in [0.4, 0.5) is 4.39 Å². The van der Waals surface area contributed by atoms with Crippen molar-refractivity contribution in [1.82, 2.24) is 5.32 Å². The maximum atomic E-state index is 13.1. The van der Waals surface area contributed by atoms with E-state index in [4.69, 9.17) is 21.5 Å². The topological polar surface area (TPSA) is 81.4 Å². The molecule has 0 radical (unpaired) electrons. The fourth-order valence-corrected chi connectivity index (χ4v) is 3.59. The molecule has 5 nitrogen and oxygen atoms in total. The lowest BCUT2D eigenvalue weighted by molar-refractivity contribution is 0.306. The highest BCUT2D eigenvalue weighted by Crippen LogP contribution is 2.20. The highest BCUT2D eigenvalue weighted by atomic mass is 35.5. The van der Waals surface area contributed by atoms with Gasteiger partial charge in [-0.2, -0.15) is 0 Å². The molecule has 0 fully saturated rings. The summed E-state index contributed by atoms with van der Waals surface area (Å²) >= 11 is 6.03. The van der Waals surface area contributed by atoms with Crippen molar-refractivity contribution in [2.45, 2.75) is 24.5 Å². The van der Waals surface area contributed by atoms with E-state index in [2.05, 4.69) is 5.32 Å². The zero-order valence-corrected chi connectivity index (χ0v) is 17.7. The van der Waals surface area contributed by atoms with Crippen LogP contribution in [-0.2, 0) is 29.6 Å². The van der Waals surface area contributed by atoms with Gasteiger partial charge in [0.1, 0.15) is 18.2 Å². The van der Waals surface area contributed by atoms with Crippen LogP contribution < -0.4 is 15.2 Å². The number of ether oxygens (including phenoxy) is 1. The Kier molecular flexibility index (Phi) is 7.44. The third kappa shape index (κ3) is 6.53. The summed E-state index contributed by atoms with van der Waals surface area (Å²) in [4.78, 5) is 0.109. The molecule has 0 heterocycles. The van der Waals surface area contributed by atoms with Gasteiger partial charge >= 0.3 is 0 Å². The van der Waals surface area contributed by atoms with Crippen molar-refractivity contribution in [3.05, 3.63) is 94.3 Å². The number of halogens is 2. The first kappa shape index (κ1) is 22.2. The molecule has 0 saturated carbocycles. The molecule has 0 aliphatic carbocycles. The number of nitrogens with two attached hydrogens (primary N) is 1. The molecule has 0 bridgehead atoms. The summed E-state index contributed by atoms with van der Waals surface area (Å²) in [7, 11) is -3.66. The third-order valence-electron chi connectivity index (χ3n) is 4.48. The highest BCUT2D eigenvalue weighted by Gasteiger charge is 2.07. The maximum absolute atomic E-state index is 13.1. The van der Waals surface area contributed by atoms with Gasteiger partial charge in [0.25, 0.3) is 0 Å². The van der Waals surface area contributed by atoms with Gasteiger partial charge in [-0.05, 0) is 60.5 Å². The van der Waals surface area contributed by atoms with Gasteiger partial charge in [0.05, 0.1) is 9.92 Å². The van der Waals surface area contributed by atoms with Crippen LogP contribution in [0.5, 0.6) is 5.75 Å². The standard InChI is InChI=1S/C22H22ClFN2O3S/c23-22-13-19(24)7-6-18(22)15-29-20-3-1-2-17(12-20)14-26-11-10-16-4-8-21(9-5-16)30(25,27)28/h1-9,12-13,26H,10-11,14-15H2,(H2,25,27,28). The summed E-state index contributed by atoms with van der Waals surface area (Å²) in [6.45, 7) is 1.64. The number of nitrogens with one attached hydrogen (secondary N) is 1. The zero-order valence-electron chi connectivity index (χ0n) is 16.1. The van der Waals surface area contributed by atoms with E-state index in [1.165, 1.54) is 24.3 Å². The van der Waals surface area contributed by atoms with Crippen molar-refractivity contribution in [2.24, 2.45) is 5.14 Å². The first-order valence-electron chi connectivity index (χ1n) is 9.29. The summed E-state index contributed by atoms with van der Waals surface area (Å²) in [5.41, 5.74) is 2.79. The van der Waals surface area contributed by atoms with Crippen molar-refractivity contribution in [3.63, 3.8) is 0 Å². The minimum Gasteiger partial charge on any atom is -0.489 e. The molecule has 3 rings (SSSR count). The molecule has 0 aromatic heterocycles. The molecular formula is C22H22ClFN2O3S. The predicted molar refractivity (Wildman–Crippen MR) is 115 cm³/mol. The molecule has 0 saturated heterocycles. The normalized spacial score (nSPS) is 11.4. The van der Waals surface area contributed by atoms with E-state index in [9.17, 15) is 12.8 Å². The molecule has 0 spiro atoms. The van der Waals surface area contributed by atoms with Gasteiger partial charge in [-0.1, -0.05) is 41.9 Å². The molecule has 3 N–H and O–H groups in total. The molecular weight excluding hydrogens is 427 g/mol. The number of hydrogen-bond acceptors (Lipinski definition) is 4. The average molecular weight is 449 g/mol. The first-order chi connectivity index (χ1) is 14.3. The number of hydrogen-bond donors (Lipinski definition) is 2. The van der Waals surface area contributed by atoms with E-state index in [0.717, 1.165) is 29.7 Å². The van der Waals surface area contributed by atoms with Gasteiger partial charge in [-0.25, -0.2) is 17.9 Å². The van der Waals surface area contributed by atoms with Crippen molar-refractivity contribution < 1.29 is 17.5 Å². The Morgan fingerprint density at radius 1 is 1.00 bits per heavy atom. The van der Waals surface area contributed by atoms with Gasteiger partial charge in [0.15, 0.2) is 0 Å². The summed E-state index contributed by atoms with van der Waals surface area (Å²) in [5, 5.41) is 8.79. The van der Waals surface area contributed by atoms with Crippen molar-refractivity contribution in [1.29, 1.82) is 0 Å². The van der Waals surface area contributed by atoms with Gasteiger partial charge in [-0.15, -0.1) is 0 Å². The van der Waals surface area contributed by atoms with E-state index in [1.807, 2.05) is 24.3 Å². The van der Waals surface area contributed by atoms with Gasteiger partial charge in [-0.3, -0.25) is 0 Å². The Bertz CT molecular complexity index is 1110. The summed E-state index contributed by atoms with van der Waals surface area (Å²) in [5.74, 6) is 0.324. The lowest BCUT2D eigenvalue weighted by Crippen LogP contribution is -2.17. The Balaban J connectivity index is 1.47. The fraction of sp³-hybridized carbons (Fsp3) is 0.182. The second kappa shape index (κ2) is 10.0. The Morgan fingerprint density at radius 3 is 2.47 bits per heavy atom. The van der Waals surface area contributed by atoms with Crippen LogP contribution in [0.2, 0.25) is 5.02 Å². The molecule has 0 amide bonds. The van der Waals surface area contributed by atoms with Crippen LogP contribution in [0, 0.1) is 5.82 Å². The minimum absolute atomic E-state index is 0.109. The summed E-state index contributed by atoms with van der Waals surface area (Å²) in [6, 6.07) is 18.5. The smallest absolute Gasteiger partial charge is 0.238 e. The molecule has 0 aliphatic heterocycles. The molecule has 0 aliphatic rings. The van der Waals surface area contributed by atoms with Crippen LogP contribution in [0.15, 0.2) is 71.6 Å². The lowest BCUT2D eigenvalue weighted by Gasteiger charge is -2.10. The average Bonchev–Trinajstić information content (AvgIpc) is 2.71. The van der Waals surface area contributed by atoms with E-state index >= 15 is 0 Å². The van der Waals surface area contributed by atoms with Crippen LogP contribution >= 0.6 is 11.6 Å². The van der Waals surface area contributed by atoms with Crippen molar-refractivity contribution >= 4 is 21.6 Å². The van der Waals surface area contributed by atoms with Gasteiger partial charge in [0, 0.05) is 12.1 Å². The number of rotatable bonds is 9. The molecule has 0 atom stereocenters. The van der Waals surface area contributed by atoms with E-state index in [-0.39, 0.29) is 17.3 Å². The third-order valence-corrected chi connectivity index (χ3v) is 5.76. The zero-order chi connectivity index (χ0) is 21.6. The Morgan fingerprint density at radius 2 is 1.77 bits per heavy atom. The van der Waals surface area contributed by atoms with Gasteiger partial charge < -0.3 is 10.1 Å². The number of sulfonamides is 1. The Labute approximate surface area is 180 Å². The number of primary sulfonamides is 1. The first-order valence-corrected chi connectivity index (χ1v) is 11.2. The molecule has 158 valence electrons. The Hall–Kier alpha value is -2.45. The highest BCUT2D eigenvalue weighted by molar-refractivity contribution is 7.89. The molecule has 3 aromatic carbocycles. The van der Waals surface area contributed by atoms with E-state index < -0.39 is 10.0 Å². The molecule has 0 unspecified atom stereocenters. The van der Waals surface area contributed by atoms with Crippen LogP contribution in [0.25, 0.3) is 0 Å². The summed E-state index contributed by atoms with van der Waals surface area (Å²) < 4.78 is 41.5. The summed E-state index contributed by atoms with van der Waals surface area (Å²) in [6.07, 6.45) is 0.754. The van der Waals surface area contributed by atoms with E-state index in [0.29, 0.717) is 17.3 Å². The van der Waals surface area contributed by atoms with Crippen molar-refractivity contribution in [3.8, 4) is 5.75 Å². The van der Waals surface area contributed by atoms with Crippen LogP contribution in [0.3, 0.4) is 0 Å². The van der Waals surface area contributed by atoms with Crippen molar-refractivity contribution in [2.75, 3.05) is 6.54 Å². The fourth-order valence-electron chi connectivity index (χ4n) is 2.86. The lowest BCUT2D eigenvalue weighted by atomic mass is 10.1. The number of benzene rings is 3.